The summed E-state index contributed by atoms with van der Waals surface area (Å²) in [6.45, 7) is 1.78. The van der Waals surface area contributed by atoms with Crippen molar-refractivity contribution in [1.82, 2.24) is 9.88 Å². The van der Waals surface area contributed by atoms with Crippen LogP contribution in [-0.2, 0) is 11.2 Å². The molecule has 1 unspecified atom stereocenters. The summed E-state index contributed by atoms with van der Waals surface area (Å²) in [5.74, 6) is 0. The van der Waals surface area contributed by atoms with E-state index in [1.165, 1.54) is 26.9 Å². The largest absolute Gasteiger partial charge is 0.361 e. The standard InChI is InChI=1S/C22H22N4OS3/c1-28-16-8-9-17-19(13-16)29-21(25-17)23-11-10-14-4-6-15(7-5-14)24-22-26-12-2-3-18(26)20(27)30-22/h4-9,13,18H,2-3,10-12H2,1H3,(H,23,25). The molecule has 0 bridgehead atoms. The van der Waals surface area contributed by atoms with Crippen molar-refractivity contribution in [2.24, 2.45) is 4.99 Å². The molecule has 0 saturated carbocycles. The second kappa shape index (κ2) is 8.61. The summed E-state index contributed by atoms with van der Waals surface area (Å²) >= 11 is 4.75. The third-order valence-electron chi connectivity index (χ3n) is 5.41. The summed E-state index contributed by atoms with van der Waals surface area (Å²) < 4.78 is 1.22. The number of nitrogens with zero attached hydrogens (tertiary/aromatic N) is 3. The van der Waals surface area contributed by atoms with Gasteiger partial charge < -0.3 is 10.2 Å². The highest BCUT2D eigenvalue weighted by molar-refractivity contribution is 8.26. The molecule has 2 saturated heterocycles. The highest BCUT2D eigenvalue weighted by Crippen LogP contribution is 2.35. The number of thioether (sulfide) groups is 2. The van der Waals surface area contributed by atoms with Crippen LogP contribution in [0.25, 0.3) is 10.2 Å². The molecule has 8 heteroatoms. The zero-order valence-electron chi connectivity index (χ0n) is 16.6. The fourth-order valence-corrected chi connectivity index (χ4v) is 6.31. The average Bonchev–Trinajstić information content (AvgIpc) is 3.46. The zero-order chi connectivity index (χ0) is 20.5. The monoisotopic (exact) mass is 454 g/mol. The van der Waals surface area contributed by atoms with Crippen LogP contribution in [0.5, 0.6) is 0 Å². The third kappa shape index (κ3) is 4.08. The van der Waals surface area contributed by atoms with Crippen molar-refractivity contribution in [3.63, 3.8) is 0 Å². The van der Waals surface area contributed by atoms with E-state index < -0.39 is 0 Å². The number of thiazole rings is 1. The number of aliphatic imine (C=N–C) groups is 1. The minimum atomic E-state index is 0.0499. The SMILES string of the molecule is CSc1ccc2nc(NCCc3ccc(N=C4SC(=O)C5CCCN45)cc3)sc2c1. The zero-order valence-corrected chi connectivity index (χ0v) is 19.1. The fraction of sp³-hybridized carbons (Fsp3) is 0.318. The van der Waals surface area contributed by atoms with Gasteiger partial charge in [0.2, 0.25) is 5.12 Å². The number of hydrogen-bond donors (Lipinski definition) is 1. The number of amidine groups is 1. The van der Waals surface area contributed by atoms with Crippen molar-refractivity contribution in [2.75, 3.05) is 24.7 Å². The lowest BCUT2D eigenvalue weighted by Gasteiger charge is -2.14. The van der Waals surface area contributed by atoms with Gasteiger partial charge in [0.15, 0.2) is 10.3 Å². The number of anilines is 1. The number of rotatable bonds is 6. The Kier molecular flexibility index (Phi) is 5.71. The number of carbonyl (C=O) groups excluding carboxylic acids is 1. The molecule has 0 radical (unpaired) electrons. The first-order chi connectivity index (χ1) is 14.7. The van der Waals surface area contributed by atoms with Crippen LogP contribution in [0.4, 0.5) is 10.8 Å². The molecule has 2 fully saturated rings. The van der Waals surface area contributed by atoms with Crippen LogP contribution < -0.4 is 5.32 Å². The number of benzene rings is 2. The van der Waals surface area contributed by atoms with Gasteiger partial charge in [0.25, 0.3) is 0 Å². The van der Waals surface area contributed by atoms with E-state index in [1.54, 1.807) is 23.1 Å². The summed E-state index contributed by atoms with van der Waals surface area (Å²) in [5, 5.41) is 5.52. The summed E-state index contributed by atoms with van der Waals surface area (Å²) in [5.41, 5.74) is 3.21. The van der Waals surface area contributed by atoms with Crippen LogP contribution in [0.15, 0.2) is 52.4 Å². The fourth-order valence-electron chi connectivity index (χ4n) is 3.81. The number of fused-ring (bicyclic) bond motifs is 2. The molecule has 5 nitrogen and oxygen atoms in total. The normalized spacial score (nSPS) is 19.8. The molecular formula is C22H22N4OS3. The quantitative estimate of drug-likeness (QED) is 0.504. The van der Waals surface area contributed by atoms with E-state index >= 15 is 0 Å². The Labute approximate surface area is 188 Å². The third-order valence-corrected chi connectivity index (χ3v) is 8.09. The summed E-state index contributed by atoms with van der Waals surface area (Å²) in [6.07, 6.45) is 5.05. The molecule has 5 rings (SSSR count). The van der Waals surface area contributed by atoms with Crippen molar-refractivity contribution >= 4 is 66.2 Å². The Bertz CT molecular complexity index is 1110. The van der Waals surface area contributed by atoms with Gasteiger partial charge in [-0.1, -0.05) is 23.5 Å². The molecule has 3 heterocycles. The average molecular weight is 455 g/mol. The van der Waals surface area contributed by atoms with E-state index in [2.05, 4.69) is 51.8 Å². The van der Waals surface area contributed by atoms with Gasteiger partial charge in [-0.3, -0.25) is 4.79 Å². The summed E-state index contributed by atoms with van der Waals surface area (Å²) in [6, 6.07) is 14.8. The van der Waals surface area contributed by atoms with Crippen LogP contribution in [-0.4, -0.2) is 45.6 Å². The Hall–Kier alpha value is -2.03. The topological polar surface area (TPSA) is 57.6 Å². The molecule has 2 aromatic carbocycles. The van der Waals surface area contributed by atoms with E-state index in [0.717, 1.165) is 53.9 Å². The van der Waals surface area contributed by atoms with Gasteiger partial charge in [-0.25, -0.2) is 9.98 Å². The Morgan fingerprint density at radius 2 is 2.13 bits per heavy atom. The number of hydrogen-bond acceptors (Lipinski definition) is 7. The van der Waals surface area contributed by atoms with Crippen LogP contribution in [0.1, 0.15) is 18.4 Å². The Morgan fingerprint density at radius 3 is 2.97 bits per heavy atom. The van der Waals surface area contributed by atoms with E-state index in [9.17, 15) is 4.79 Å². The smallest absolute Gasteiger partial charge is 0.219 e. The predicted octanol–water partition coefficient (Wildman–Crippen LogP) is 5.40. The first-order valence-corrected chi connectivity index (χ1v) is 12.9. The van der Waals surface area contributed by atoms with Crippen molar-refractivity contribution in [3.8, 4) is 0 Å². The molecule has 1 N–H and O–H groups in total. The van der Waals surface area contributed by atoms with Crippen LogP contribution in [0.3, 0.4) is 0 Å². The molecule has 30 heavy (non-hydrogen) atoms. The van der Waals surface area contributed by atoms with E-state index in [4.69, 9.17) is 4.99 Å². The lowest BCUT2D eigenvalue weighted by atomic mass is 10.1. The highest BCUT2D eigenvalue weighted by atomic mass is 32.2. The van der Waals surface area contributed by atoms with Gasteiger partial charge in [-0.15, -0.1) is 11.8 Å². The Morgan fingerprint density at radius 1 is 1.27 bits per heavy atom. The first-order valence-electron chi connectivity index (χ1n) is 10.0. The van der Waals surface area contributed by atoms with Crippen LogP contribution in [0.2, 0.25) is 0 Å². The molecule has 3 aromatic rings. The van der Waals surface area contributed by atoms with Crippen LogP contribution in [0, 0.1) is 0 Å². The highest BCUT2D eigenvalue weighted by Gasteiger charge is 2.40. The predicted molar refractivity (Wildman–Crippen MR) is 129 cm³/mol. The maximum absolute atomic E-state index is 12.1. The molecule has 0 aliphatic carbocycles. The molecular weight excluding hydrogens is 432 g/mol. The second-order valence-electron chi connectivity index (χ2n) is 7.36. The molecule has 2 aliphatic rings. The van der Waals surface area contributed by atoms with E-state index in [0.29, 0.717) is 0 Å². The lowest BCUT2D eigenvalue weighted by molar-refractivity contribution is -0.113. The van der Waals surface area contributed by atoms with E-state index in [1.807, 2.05) is 12.1 Å². The minimum Gasteiger partial charge on any atom is -0.361 e. The van der Waals surface area contributed by atoms with Gasteiger partial charge in [0.1, 0.15) is 6.04 Å². The van der Waals surface area contributed by atoms with Crippen molar-refractivity contribution in [2.45, 2.75) is 30.2 Å². The minimum absolute atomic E-state index is 0.0499. The number of carbonyl (C=O) groups is 1. The Balaban J connectivity index is 1.19. The molecule has 0 amide bonds. The molecule has 154 valence electrons. The maximum atomic E-state index is 12.1. The van der Waals surface area contributed by atoms with Crippen molar-refractivity contribution < 1.29 is 4.79 Å². The van der Waals surface area contributed by atoms with E-state index in [-0.39, 0.29) is 11.2 Å². The van der Waals surface area contributed by atoms with Gasteiger partial charge in [0.05, 0.1) is 15.9 Å². The number of aromatic nitrogens is 1. The molecule has 0 spiro atoms. The van der Waals surface area contributed by atoms with Gasteiger partial charge >= 0.3 is 0 Å². The van der Waals surface area contributed by atoms with Crippen LogP contribution >= 0.6 is 34.9 Å². The second-order valence-corrected chi connectivity index (χ2v) is 10.2. The maximum Gasteiger partial charge on any atom is 0.219 e. The summed E-state index contributed by atoms with van der Waals surface area (Å²) in [4.78, 5) is 24.9. The molecule has 1 aromatic heterocycles. The van der Waals surface area contributed by atoms with Gasteiger partial charge in [-0.05, 0) is 73.2 Å². The molecule has 1 atom stereocenters. The van der Waals surface area contributed by atoms with Gasteiger partial charge in [0, 0.05) is 18.0 Å². The van der Waals surface area contributed by atoms with Crippen molar-refractivity contribution in [1.29, 1.82) is 0 Å². The van der Waals surface area contributed by atoms with Gasteiger partial charge in [-0.2, -0.15) is 0 Å². The summed E-state index contributed by atoms with van der Waals surface area (Å²) in [7, 11) is 0. The lowest BCUT2D eigenvalue weighted by Crippen LogP contribution is -2.28. The van der Waals surface area contributed by atoms with Crippen molar-refractivity contribution in [3.05, 3.63) is 48.0 Å². The first kappa shape index (κ1) is 19.9. The number of nitrogens with one attached hydrogen (secondary N) is 1. The molecule has 2 aliphatic heterocycles.